The molecule has 0 aliphatic heterocycles. The molecule has 0 saturated carbocycles. The van der Waals surface area contributed by atoms with E-state index in [-0.39, 0.29) is 19.4 Å². The number of esters is 2. The summed E-state index contributed by atoms with van der Waals surface area (Å²) in [4.78, 5) is 35.0. The minimum absolute atomic E-state index is 0.168. The summed E-state index contributed by atoms with van der Waals surface area (Å²) in [7, 11) is -4.62. The maximum absolute atomic E-state index is 12.6. The van der Waals surface area contributed by atoms with Crippen LogP contribution in [0.3, 0.4) is 0 Å². The van der Waals surface area contributed by atoms with Crippen LogP contribution in [-0.4, -0.2) is 65.7 Å². The number of carbonyl (C=O) groups excluding carboxylic acids is 2. The highest BCUT2D eigenvalue weighted by molar-refractivity contribution is 7.47. The number of hydrogen-bond donors (Lipinski definition) is 3. The highest BCUT2D eigenvalue weighted by Crippen LogP contribution is 2.43. The molecule has 0 spiro atoms. The molecule has 0 heterocycles. The van der Waals surface area contributed by atoms with Crippen LogP contribution in [0, 0.1) is 0 Å². The summed E-state index contributed by atoms with van der Waals surface area (Å²) in [5, 5.41) is 18.3. The molecule has 55 heavy (non-hydrogen) atoms. The number of phosphoric ester groups is 1. The molecule has 0 aromatic carbocycles. The summed E-state index contributed by atoms with van der Waals surface area (Å²) in [6.07, 6.45) is 42.1. The smallest absolute Gasteiger partial charge is 0.462 e. The Kier molecular flexibility index (Phi) is 38.6. The van der Waals surface area contributed by atoms with E-state index >= 15 is 0 Å². The standard InChI is InChI=1S/C44H79O10P/c1-3-5-7-9-11-13-15-17-19-20-22-23-25-27-29-31-33-35-43(47)51-39-42(40-53-55(49,50)52-38-41(46)37-45)54-44(48)36-34-32-30-28-26-24-21-18-16-14-12-10-8-6-4-2/h11,13,17-19,21-23,41-42,45-46H,3-10,12,14-16,20,24-40H2,1-2H3,(H,49,50)/b13-11-,19-17-,21-18-,23-22-/t41-,42+/m0/s1. The Morgan fingerprint density at radius 1 is 0.545 bits per heavy atom. The lowest BCUT2D eigenvalue weighted by Gasteiger charge is -2.20. The van der Waals surface area contributed by atoms with E-state index < -0.39 is 51.8 Å². The number of allylic oxidation sites excluding steroid dienone is 8. The fourth-order valence-corrected chi connectivity index (χ4v) is 6.37. The Hall–Kier alpha value is -2.07. The van der Waals surface area contributed by atoms with Crippen molar-refractivity contribution in [2.75, 3.05) is 26.4 Å². The fourth-order valence-electron chi connectivity index (χ4n) is 5.58. The number of ether oxygens (including phenoxy) is 2. The number of unbranched alkanes of at least 4 members (excludes halogenated alkanes) is 18. The quantitative estimate of drug-likeness (QED) is 0.0237. The largest absolute Gasteiger partial charge is 0.472 e. The fraction of sp³-hybridized carbons (Fsp3) is 0.773. The van der Waals surface area contributed by atoms with E-state index in [9.17, 15) is 24.2 Å². The third-order valence-corrected chi connectivity index (χ3v) is 9.91. The van der Waals surface area contributed by atoms with E-state index in [4.69, 9.17) is 19.1 Å². The molecular formula is C44H79O10P. The van der Waals surface area contributed by atoms with Gasteiger partial charge in [-0.1, -0.05) is 140 Å². The van der Waals surface area contributed by atoms with Gasteiger partial charge in [0.25, 0.3) is 0 Å². The van der Waals surface area contributed by atoms with Crippen molar-refractivity contribution in [1.29, 1.82) is 0 Å². The van der Waals surface area contributed by atoms with Gasteiger partial charge in [0.15, 0.2) is 6.10 Å². The van der Waals surface area contributed by atoms with Crippen LogP contribution in [0.5, 0.6) is 0 Å². The second-order valence-electron chi connectivity index (χ2n) is 14.4. The van der Waals surface area contributed by atoms with Gasteiger partial charge in [0.1, 0.15) is 12.7 Å². The summed E-state index contributed by atoms with van der Waals surface area (Å²) in [6.45, 7) is 2.31. The molecule has 0 amide bonds. The minimum Gasteiger partial charge on any atom is -0.462 e. The van der Waals surface area contributed by atoms with Gasteiger partial charge in [0, 0.05) is 12.8 Å². The van der Waals surface area contributed by atoms with Crippen LogP contribution in [0.1, 0.15) is 181 Å². The monoisotopic (exact) mass is 799 g/mol. The van der Waals surface area contributed by atoms with Crippen molar-refractivity contribution < 1.29 is 47.8 Å². The lowest BCUT2D eigenvalue weighted by molar-refractivity contribution is -0.161. The number of hydrogen-bond acceptors (Lipinski definition) is 9. The van der Waals surface area contributed by atoms with Crippen LogP contribution in [0.2, 0.25) is 0 Å². The molecule has 10 nitrogen and oxygen atoms in total. The molecule has 0 fully saturated rings. The molecule has 0 aromatic rings. The summed E-state index contributed by atoms with van der Waals surface area (Å²) >= 11 is 0. The maximum atomic E-state index is 12.6. The molecule has 0 aliphatic rings. The molecule has 0 saturated heterocycles. The zero-order valence-corrected chi connectivity index (χ0v) is 35.5. The molecule has 1 unspecified atom stereocenters. The summed E-state index contributed by atoms with van der Waals surface area (Å²) < 4.78 is 32.7. The number of aliphatic hydroxyl groups excluding tert-OH is 2. The van der Waals surface area contributed by atoms with E-state index in [0.29, 0.717) is 12.8 Å². The van der Waals surface area contributed by atoms with Crippen molar-refractivity contribution in [3.8, 4) is 0 Å². The van der Waals surface area contributed by atoms with Crippen LogP contribution >= 0.6 is 7.82 Å². The molecule has 11 heteroatoms. The van der Waals surface area contributed by atoms with Gasteiger partial charge in [-0.3, -0.25) is 18.6 Å². The molecule has 3 N–H and O–H groups in total. The van der Waals surface area contributed by atoms with Crippen molar-refractivity contribution in [2.45, 2.75) is 193 Å². The van der Waals surface area contributed by atoms with Gasteiger partial charge in [0.2, 0.25) is 0 Å². The van der Waals surface area contributed by atoms with E-state index in [2.05, 4.69) is 67.0 Å². The number of carbonyl (C=O) groups is 2. The van der Waals surface area contributed by atoms with Crippen LogP contribution in [0.4, 0.5) is 0 Å². The lowest BCUT2D eigenvalue weighted by Crippen LogP contribution is -2.29. The number of rotatable bonds is 40. The predicted octanol–water partition coefficient (Wildman–Crippen LogP) is 11.3. The van der Waals surface area contributed by atoms with Crippen molar-refractivity contribution in [3.05, 3.63) is 48.6 Å². The Bertz CT molecular complexity index is 1060. The Morgan fingerprint density at radius 2 is 0.945 bits per heavy atom. The van der Waals surface area contributed by atoms with Crippen LogP contribution in [0.15, 0.2) is 48.6 Å². The Morgan fingerprint density at radius 3 is 1.47 bits per heavy atom. The summed E-state index contributed by atoms with van der Waals surface area (Å²) in [5.74, 6) is -0.961. The summed E-state index contributed by atoms with van der Waals surface area (Å²) in [6, 6.07) is 0. The topological polar surface area (TPSA) is 149 Å². The van der Waals surface area contributed by atoms with Crippen LogP contribution in [-0.2, 0) is 32.7 Å². The molecule has 0 bridgehead atoms. The molecular weight excluding hydrogens is 719 g/mol. The molecule has 3 atom stereocenters. The first kappa shape index (κ1) is 52.9. The first-order valence-corrected chi connectivity index (χ1v) is 23.1. The second-order valence-corrected chi connectivity index (χ2v) is 15.8. The lowest BCUT2D eigenvalue weighted by atomic mass is 10.1. The van der Waals surface area contributed by atoms with Crippen molar-refractivity contribution in [2.24, 2.45) is 0 Å². The van der Waals surface area contributed by atoms with Gasteiger partial charge in [-0.25, -0.2) is 4.57 Å². The van der Waals surface area contributed by atoms with E-state index in [1.54, 1.807) is 0 Å². The average molecular weight is 799 g/mol. The highest BCUT2D eigenvalue weighted by Gasteiger charge is 2.27. The Balaban J connectivity index is 4.36. The van der Waals surface area contributed by atoms with Gasteiger partial charge >= 0.3 is 19.8 Å². The molecule has 320 valence electrons. The average Bonchev–Trinajstić information content (AvgIpc) is 3.17. The van der Waals surface area contributed by atoms with Crippen molar-refractivity contribution >= 4 is 19.8 Å². The van der Waals surface area contributed by atoms with E-state index in [1.165, 1.54) is 64.2 Å². The summed E-state index contributed by atoms with van der Waals surface area (Å²) in [5.41, 5.74) is 0. The van der Waals surface area contributed by atoms with Crippen molar-refractivity contribution in [3.63, 3.8) is 0 Å². The predicted molar refractivity (Wildman–Crippen MR) is 224 cm³/mol. The zero-order chi connectivity index (χ0) is 40.5. The van der Waals surface area contributed by atoms with Gasteiger partial charge in [-0.15, -0.1) is 0 Å². The van der Waals surface area contributed by atoms with Gasteiger partial charge in [-0.2, -0.15) is 0 Å². The van der Waals surface area contributed by atoms with Gasteiger partial charge < -0.3 is 24.6 Å². The second kappa shape index (κ2) is 40.1. The SMILES string of the molecule is CCCCC/C=C\C/C=C\C/C=C\CCCCCCC(=O)OC[C@H](COP(=O)(O)OC[C@@H](O)CO)OC(=O)CCCCCCC/C=C\CCCCCCCC. The van der Waals surface area contributed by atoms with Gasteiger partial charge in [-0.05, 0) is 77.0 Å². The zero-order valence-electron chi connectivity index (χ0n) is 34.6. The van der Waals surface area contributed by atoms with E-state index in [0.717, 1.165) is 77.0 Å². The molecule has 0 aliphatic carbocycles. The molecule has 0 aromatic heterocycles. The van der Waals surface area contributed by atoms with Crippen LogP contribution < -0.4 is 0 Å². The first-order chi connectivity index (χ1) is 26.7. The van der Waals surface area contributed by atoms with E-state index in [1.807, 2.05) is 0 Å². The van der Waals surface area contributed by atoms with Crippen molar-refractivity contribution in [1.82, 2.24) is 0 Å². The van der Waals surface area contributed by atoms with Crippen LogP contribution in [0.25, 0.3) is 0 Å². The highest BCUT2D eigenvalue weighted by atomic mass is 31.2. The third-order valence-electron chi connectivity index (χ3n) is 8.96. The molecule has 0 rings (SSSR count). The normalized spacial score (nSPS) is 14.3. The molecule has 0 radical (unpaired) electrons. The maximum Gasteiger partial charge on any atom is 0.472 e. The Labute approximate surface area is 334 Å². The third kappa shape index (κ3) is 39.9. The first-order valence-electron chi connectivity index (χ1n) is 21.6. The number of phosphoric acid groups is 1. The van der Waals surface area contributed by atoms with Gasteiger partial charge in [0.05, 0.1) is 19.8 Å². The minimum atomic E-state index is -4.62. The number of aliphatic hydroxyl groups is 2.